The highest BCUT2D eigenvalue weighted by Crippen LogP contribution is 2.27. The van der Waals surface area contributed by atoms with Crippen LogP contribution in [-0.4, -0.2) is 68.2 Å². The first-order valence-electron chi connectivity index (χ1n) is 11.3. The maximum Gasteiger partial charge on any atom is 0.265 e. The Morgan fingerprint density at radius 3 is 2.73 bits per heavy atom. The molecule has 0 radical (unpaired) electrons. The Hall–Kier alpha value is -4.37. The summed E-state index contributed by atoms with van der Waals surface area (Å²) >= 11 is 0. The van der Waals surface area contributed by atoms with Crippen molar-refractivity contribution in [1.29, 1.82) is 5.26 Å². The first-order valence-corrected chi connectivity index (χ1v) is 11.3. The number of phenolic OH excluding ortho intramolecular Hbond substituents is 1. The number of aliphatic hydroxyl groups excluding tert-OH is 1. The molecule has 1 unspecified atom stereocenters. The molecular formula is C25H26F2N6O4. The Morgan fingerprint density at radius 1 is 1.27 bits per heavy atom. The van der Waals surface area contributed by atoms with E-state index in [1.165, 1.54) is 13.0 Å². The summed E-state index contributed by atoms with van der Waals surface area (Å²) in [6.45, 7) is 1.05. The second-order valence-corrected chi connectivity index (χ2v) is 8.19. The molecule has 37 heavy (non-hydrogen) atoms. The molecule has 12 heteroatoms. The SMILES string of the molecule is CC(O)C(=O)N1CCCC(F)(F)C1.COc1cccc(Nc2nccc(-c3ccc(O)c(C#N)c3)n2)n1. The van der Waals surface area contributed by atoms with Crippen LogP contribution in [0.2, 0.25) is 0 Å². The number of nitrogens with one attached hydrogen (secondary N) is 1. The van der Waals surface area contributed by atoms with E-state index in [1.54, 1.807) is 49.7 Å². The van der Waals surface area contributed by atoms with E-state index >= 15 is 0 Å². The number of halogens is 2. The number of phenols is 1. The van der Waals surface area contributed by atoms with Crippen molar-refractivity contribution in [3.8, 4) is 29.0 Å². The van der Waals surface area contributed by atoms with Crippen LogP contribution in [-0.2, 0) is 4.79 Å². The average molecular weight is 513 g/mol. The van der Waals surface area contributed by atoms with Gasteiger partial charge >= 0.3 is 0 Å². The first kappa shape index (κ1) is 27.2. The number of carbonyl (C=O) groups is 1. The molecule has 10 nitrogen and oxygen atoms in total. The molecule has 0 spiro atoms. The number of anilines is 2. The van der Waals surface area contributed by atoms with Gasteiger partial charge in [-0.05, 0) is 43.7 Å². The summed E-state index contributed by atoms with van der Waals surface area (Å²) in [5.41, 5.74) is 1.51. The number of aromatic nitrogens is 3. The molecule has 0 bridgehead atoms. The molecule has 0 saturated carbocycles. The summed E-state index contributed by atoms with van der Waals surface area (Å²) in [4.78, 5) is 25.0. The molecule has 2 aromatic heterocycles. The third kappa shape index (κ3) is 7.55. The average Bonchev–Trinajstić information content (AvgIpc) is 2.88. The van der Waals surface area contributed by atoms with Crippen LogP contribution in [0.15, 0.2) is 48.7 Å². The molecule has 4 rings (SSSR count). The van der Waals surface area contributed by atoms with Crippen molar-refractivity contribution in [3.63, 3.8) is 0 Å². The molecule has 1 aliphatic rings. The van der Waals surface area contributed by atoms with Crippen molar-refractivity contribution in [2.45, 2.75) is 31.8 Å². The Morgan fingerprint density at radius 2 is 2.05 bits per heavy atom. The summed E-state index contributed by atoms with van der Waals surface area (Å²) in [5.74, 6) is -2.07. The second kappa shape index (κ2) is 12.0. The summed E-state index contributed by atoms with van der Waals surface area (Å²) in [6.07, 6.45) is 0.542. The molecule has 1 aliphatic heterocycles. The van der Waals surface area contributed by atoms with Gasteiger partial charge in [-0.25, -0.2) is 18.7 Å². The molecule has 3 N–H and O–H groups in total. The summed E-state index contributed by atoms with van der Waals surface area (Å²) in [7, 11) is 1.54. The largest absolute Gasteiger partial charge is 0.507 e. The Balaban J connectivity index is 0.000000248. The third-order valence-electron chi connectivity index (χ3n) is 5.30. The number of pyridine rings is 1. The van der Waals surface area contributed by atoms with Gasteiger partial charge in [0, 0.05) is 30.8 Å². The molecule has 3 aromatic rings. The van der Waals surface area contributed by atoms with E-state index in [0.717, 1.165) is 4.90 Å². The van der Waals surface area contributed by atoms with Crippen molar-refractivity contribution in [1.82, 2.24) is 19.9 Å². The minimum Gasteiger partial charge on any atom is -0.507 e. The van der Waals surface area contributed by atoms with Crippen LogP contribution in [0.5, 0.6) is 11.6 Å². The van der Waals surface area contributed by atoms with Crippen LogP contribution in [0, 0.1) is 11.3 Å². The van der Waals surface area contributed by atoms with E-state index < -0.39 is 24.5 Å². The molecule has 194 valence electrons. The number of aromatic hydroxyl groups is 1. The fourth-order valence-corrected chi connectivity index (χ4v) is 3.50. The van der Waals surface area contributed by atoms with Crippen molar-refractivity contribution < 1.29 is 28.5 Å². The van der Waals surface area contributed by atoms with Crippen LogP contribution in [0.4, 0.5) is 20.5 Å². The van der Waals surface area contributed by atoms with E-state index in [2.05, 4.69) is 20.3 Å². The maximum atomic E-state index is 12.8. The third-order valence-corrected chi connectivity index (χ3v) is 5.30. The zero-order valence-electron chi connectivity index (χ0n) is 20.2. The van der Waals surface area contributed by atoms with Gasteiger partial charge in [-0.1, -0.05) is 6.07 Å². The first-order chi connectivity index (χ1) is 17.6. The quantitative estimate of drug-likeness (QED) is 0.468. The van der Waals surface area contributed by atoms with Crippen molar-refractivity contribution in [2.24, 2.45) is 0 Å². The second-order valence-electron chi connectivity index (χ2n) is 8.19. The fraction of sp³-hybridized carbons (Fsp3) is 0.320. The van der Waals surface area contributed by atoms with Crippen LogP contribution in [0.25, 0.3) is 11.3 Å². The van der Waals surface area contributed by atoms with Gasteiger partial charge < -0.3 is 25.2 Å². The van der Waals surface area contributed by atoms with Crippen molar-refractivity contribution in [2.75, 3.05) is 25.5 Å². The lowest BCUT2D eigenvalue weighted by atomic mass is 10.1. The van der Waals surface area contributed by atoms with Gasteiger partial charge in [0.05, 0.1) is 24.9 Å². The van der Waals surface area contributed by atoms with E-state index in [9.17, 15) is 18.7 Å². The predicted octanol–water partition coefficient (Wildman–Crippen LogP) is 3.49. The number of aliphatic hydroxyl groups is 1. The summed E-state index contributed by atoms with van der Waals surface area (Å²) in [5, 5.41) is 30.5. The molecule has 0 aliphatic carbocycles. The standard InChI is InChI=1S/C17H13N5O2.C8H13F2NO2/c1-24-16-4-2-3-15(21-16)22-17-19-8-7-13(20-17)11-5-6-14(23)12(9-11)10-18;1-6(12)7(13)11-4-2-3-8(9,10)5-11/h2-9,23H,1H3,(H,19,20,21,22);6,12H,2-5H2,1H3. The summed E-state index contributed by atoms with van der Waals surface area (Å²) < 4.78 is 30.7. The molecule has 1 atom stereocenters. The maximum absolute atomic E-state index is 12.8. The number of nitrogens with zero attached hydrogens (tertiary/aromatic N) is 5. The number of methoxy groups -OCH3 is 1. The van der Waals surface area contributed by atoms with Gasteiger partial charge in [0.2, 0.25) is 11.8 Å². The van der Waals surface area contributed by atoms with E-state index in [0.29, 0.717) is 41.9 Å². The minimum atomic E-state index is -2.79. The zero-order chi connectivity index (χ0) is 27.0. The van der Waals surface area contributed by atoms with E-state index in [4.69, 9.17) is 15.1 Å². The monoisotopic (exact) mass is 512 g/mol. The summed E-state index contributed by atoms with van der Waals surface area (Å²) in [6, 6.07) is 13.7. The van der Waals surface area contributed by atoms with Crippen LogP contribution in [0.1, 0.15) is 25.3 Å². The number of rotatable bonds is 5. The highest BCUT2D eigenvalue weighted by atomic mass is 19.3. The van der Waals surface area contributed by atoms with Gasteiger partial charge in [0.25, 0.3) is 11.8 Å². The predicted molar refractivity (Wildman–Crippen MR) is 130 cm³/mol. The molecule has 1 amide bonds. The number of hydrogen-bond acceptors (Lipinski definition) is 9. The zero-order valence-corrected chi connectivity index (χ0v) is 20.2. The molecule has 1 aromatic carbocycles. The molecule has 1 fully saturated rings. The van der Waals surface area contributed by atoms with Gasteiger partial charge in [-0.15, -0.1) is 0 Å². The van der Waals surface area contributed by atoms with Crippen LogP contribution < -0.4 is 10.1 Å². The Labute approximate surface area is 212 Å². The topological polar surface area (TPSA) is 144 Å². The molecule has 1 saturated heterocycles. The van der Waals surface area contributed by atoms with Gasteiger partial charge in [0.1, 0.15) is 23.7 Å². The van der Waals surface area contributed by atoms with Gasteiger partial charge in [-0.2, -0.15) is 10.2 Å². The van der Waals surface area contributed by atoms with Crippen LogP contribution >= 0.6 is 0 Å². The number of piperidine rings is 1. The lowest BCUT2D eigenvalue weighted by molar-refractivity contribution is -0.149. The molecular weight excluding hydrogens is 486 g/mol. The van der Waals surface area contributed by atoms with Crippen LogP contribution in [0.3, 0.4) is 0 Å². The minimum absolute atomic E-state index is 0.0609. The number of carbonyl (C=O) groups excluding carboxylic acids is 1. The number of nitriles is 1. The Bertz CT molecular complexity index is 1280. The highest BCUT2D eigenvalue weighted by molar-refractivity contribution is 5.80. The smallest absolute Gasteiger partial charge is 0.265 e. The molecule has 3 heterocycles. The highest BCUT2D eigenvalue weighted by Gasteiger charge is 2.37. The van der Waals surface area contributed by atoms with Gasteiger partial charge in [-0.3, -0.25) is 4.79 Å². The number of ether oxygens (including phenoxy) is 1. The van der Waals surface area contributed by atoms with Crippen molar-refractivity contribution in [3.05, 3.63) is 54.2 Å². The lowest BCUT2D eigenvalue weighted by Crippen LogP contribution is -2.48. The van der Waals surface area contributed by atoms with E-state index in [1.807, 2.05) is 6.07 Å². The normalized spacial score (nSPS) is 15.0. The van der Waals surface area contributed by atoms with Crippen molar-refractivity contribution >= 4 is 17.7 Å². The van der Waals surface area contributed by atoms with E-state index in [-0.39, 0.29) is 17.7 Å². The fourth-order valence-electron chi connectivity index (χ4n) is 3.50. The number of hydrogen-bond donors (Lipinski definition) is 3. The number of likely N-dealkylation sites (tertiary alicyclic amines) is 1. The number of amides is 1. The van der Waals surface area contributed by atoms with Gasteiger partial charge in [0.15, 0.2) is 0 Å². The lowest BCUT2D eigenvalue weighted by Gasteiger charge is -2.33. The number of benzene rings is 1. The Kier molecular flexibility index (Phi) is 8.86. The number of alkyl halides is 2.